The van der Waals surface area contributed by atoms with Crippen molar-refractivity contribution in [2.75, 3.05) is 4.90 Å². The number of rotatable bonds is 7. The van der Waals surface area contributed by atoms with Gasteiger partial charge in [-0.2, -0.15) is 0 Å². The highest BCUT2D eigenvalue weighted by atomic mass is 79.9. The monoisotopic (exact) mass is 495 g/mol. The van der Waals surface area contributed by atoms with Crippen LogP contribution in [-0.2, 0) is 16.1 Å². The summed E-state index contributed by atoms with van der Waals surface area (Å²) in [5.74, 6) is -2.08. The fraction of sp³-hybridized carbons (Fsp3) is 0.0833. The molecule has 0 aliphatic heterocycles. The van der Waals surface area contributed by atoms with Gasteiger partial charge in [0.1, 0.15) is 5.82 Å². The molecular weight excluding hydrogens is 477 g/mol. The lowest BCUT2D eigenvalue weighted by Crippen LogP contribution is -2.37. The normalized spacial score (nSPS) is 11.9. The van der Waals surface area contributed by atoms with Crippen LogP contribution in [0.25, 0.3) is 11.0 Å². The minimum absolute atomic E-state index is 0.106. The summed E-state index contributed by atoms with van der Waals surface area (Å²) in [7, 11) is 0. The first-order valence-electron chi connectivity index (χ1n) is 9.69. The van der Waals surface area contributed by atoms with Gasteiger partial charge in [-0.3, -0.25) is 9.69 Å². The van der Waals surface area contributed by atoms with Crippen LogP contribution in [0, 0.1) is 5.82 Å². The number of aliphatic hydroxyl groups excluding tert-OH is 1. The number of carbonyl (C=O) groups is 1. The quantitative estimate of drug-likeness (QED) is 0.193. The molecule has 0 aliphatic carbocycles. The molecule has 0 fully saturated rings. The van der Waals surface area contributed by atoms with Crippen molar-refractivity contribution >= 4 is 38.6 Å². The Labute approximate surface area is 192 Å². The van der Waals surface area contributed by atoms with Crippen LogP contribution in [-0.4, -0.2) is 21.0 Å². The number of aliphatic hydroxyl groups is 1. The number of fused-ring (bicyclic) bond motifs is 1. The van der Waals surface area contributed by atoms with Crippen LogP contribution in [0.5, 0.6) is 0 Å². The number of hydrogen-bond donors (Lipinski definition) is 2. The van der Waals surface area contributed by atoms with Crippen molar-refractivity contribution in [3.63, 3.8) is 0 Å². The maximum atomic E-state index is 15.0. The number of ether oxygens (including phenoxy) is 1. The minimum Gasteiger partial charge on any atom is -0.503 e. The third kappa shape index (κ3) is 4.56. The predicted molar refractivity (Wildman–Crippen MR) is 123 cm³/mol. The zero-order valence-corrected chi connectivity index (χ0v) is 18.4. The van der Waals surface area contributed by atoms with E-state index in [2.05, 4.69) is 32.5 Å². The van der Waals surface area contributed by atoms with Gasteiger partial charge in [0, 0.05) is 15.7 Å². The van der Waals surface area contributed by atoms with E-state index < -0.39 is 23.7 Å². The number of carbonyl (C=O) groups excluding carboxylic acids is 1. The largest absolute Gasteiger partial charge is 0.503 e. The van der Waals surface area contributed by atoms with E-state index in [1.807, 2.05) is 30.3 Å². The van der Waals surface area contributed by atoms with Gasteiger partial charge in [0.2, 0.25) is 0 Å². The molecule has 1 amide bonds. The van der Waals surface area contributed by atoms with E-state index >= 15 is 4.39 Å². The summed E-state index contributed by atoms with van der Waals surface area (Å²) >= 11 is 3.25. The van der Waals surface area contributed by atoms with Crippen molar-refractivity contribution in [2.24, 2.45) is 0 Å². The lowest BCUT2D eigenvalue weighted by molar-refractivity contribution is -0.120. The summed E-state index contributed by atoms with van der Waals surface area (Å²) in [6, 6.07) is 18.9. The number of H-pyrrole nitrogens is 1. The standard InChI is InChI=1S/C24H19BrFN3O3/c1-15(30)23(31)29(18-8-10-21-22(12-18)28-14-27-21)24(19-9-7-17(25)11-20(19)26)32-13-16-5-3-2-4-6-16/h2-12,14,24,30H,1,13H2,(H,27,28). The number of nitrogens with zero attached hydrogens (tertiary/aromatic N) is 2. The van der Waals surface area contributed by atoms with Crippen molar-refractivity contribution in [3.8, 4) is 0 Å². The third-order valence-electron chi connectivity index (χ3n) is 4.86. The zero-order chi connectivity index (χ0) is 22.7. The predicted octanol–water partition coefficient (Wildman–Crippen LogP) is 5.78. The fourth-order valence-electron chi connectivity index (χ4n) is 3.33. The van der Waals surface area contributed by atoms with Crippen LogP contribution >= 0.6 is 15.9 Å². The van der Waals surface area contributed by atoms with Crippen molar-refractivity contribution in [2.45, 2.75) is 12.8 Å². The number of nitrogens with one attached hydrogen (secondary N) is 1. The number of hydrogen-bond acceptors (Lipinski definition) is 4. The molecule has 1 aromatic heterocycles. The Morgan fingerprint density at radius 3 is 2.69 bits per heavy atom. The van der Waals surface area contributed by atoms with Gasteiger partial charge in [0.15, 0.2) is 12.0 Å². The number of anilines is 1. The first-order valence-corrected chi connectivity index (χ1v) is 10.5. The molecule has 0 bridgehead atoms. The van der Waals surface area contributed by atoms with Crippen LogP contribution in [0.1, 0.15) is 17.4 Å². The first kappa shape index (κ1) is 21.7. The van der Waals surface area contributed by atoms with Gasteiger partial charge < -0.3 is 14.8 Å². The second-order valence-electron chi connectivity index (χ2n) is 7.04. The number of aromatic nitrogens is 2. The Morgan fingerprint density at radius 2 is 1.97 bits per heavy atom. The maximum Gasteiger partial charge on any atom is 0.294 e. The molecule has 0 spiro atoms. The molecule has 0 saturated heterocycles. The molecule has 4 rings (SSSR count). The Bertz CT molecular complexity index is 1280. The van der Waals surface area contributed by atoms with Crippen molar-refractivity contribution < 1.29 is 19.0 Å². The molecule has 2 N–H and O–H groups in total. The fourth-order valence-corrected chi connectivity index (χ4v) is 3.66. The SMILES string of the molecule is C=C(O)C(=O)N(c1ccc2nc[nH]c2c1)C(OCc1ccccc1)c1ccc(Br)cc1F. The van der Waals surface area contributed by atoms with Gasteiger partial charge in [0.25, 0.3) is 5.91 Å². The van der Waals surface area contributed by atoms with E-state index in [4.69, 9.17) is 4.74 Å². The second-order valence-corrected chi connectivity index (χ2v) is 7.96. The maximum absolute atomic E-state index is 15.0. The molecule has 4 aromatic rings. The van der Waals surface area contributed by atoms with Crippen molar-refractivity contribution in [1.82, 2.24) is 9.97 Å². The second kappa shape index (κ2) is 9.33. The molecular formula is C24H19BrFN3O3. The van der Waals surface area contributed by atoms with Gasteiger partial charge in [-0.1, -0.05) is 58.9 Å². The highest BCUT2D eigenvalue weighted by molar-refractivity contribution is 9.10. The molecule has 8 heteroatoms. The Balaban J connectivity index is 1.82. The van der Waals surface area contributed by atoms with Crippen molar-refractivity contribution in [3.05, 3.63) is 107 Å². The first-order chi connectivity index (χ1) is 15.4. The molecule has 3 aromatic carbocycles. The average Bonchev–Trinajstić information content (AvgIpc) is 3.25. The average molecular weight is 496 g/mol. The molecule has 0 saturated carbocycles. The van der Waals surface area contributed by atoms with E-state index in [1.165, 1.54) is 23.4 Å². The summed E-state index contributed by atoms with van der Waals surface area (Å²) < 4.78 is 21.7. The number of imidazole rings is 1. The van der Waals surface area contributed by atoms with Crippen LogP contribution in [0.3, 0.4) is 0 Å². The smallest absolute Gasteiger partial charge is 0.294 e. The van der Waals surface area contributed by atoms with Crippen LogP contribution < -0.4 is 4.90 Å². The summed E-state index contributed by atoms with van der Waals surface area (Å²) in [6.45, 7) is 3.48. The van der Waals surface area contributed by atoms with E-state index in [1.54, 1.807) is 24.3 Å². The molecule has 6 nitrogen and oxygen atoms in total. The van der Waals surface area contributed by atoms with Gasteiger partial charge in [0.05, 0.1) is 24.0 Å². The van der Waals surface area contributed by atoms with Gasteiger partial charge in [-0.05, 0) is 35.9 Å². The molecule has 0 radical (unpaired) electrons. The highest BCUT2D eigenvalue weighted by Crippen LogP contribution is 2.34. The lowest BCUT2D eigenvalue weighted by atomic mass is 10.1. The van der Waals surface area contributed by atoms with Gasteiger partial charge >= 0.3 is 0 Å². The molecule has 32 heavy (non-hydrogen) atoms. The van der Waals surface area contributed by atoms with E-state index in [0.29, 0.717) is 21.2 Å². The van der Waals surface area contributed by atoms with Crippen LogP contribution in [0.4, 0.5) is 10.1 Å². The summed E-state index contributed by atoms with van der Waals surface area (Å²) in [6.07, 6.45) is 0.351. The zero-order valence-electron chi connectivity index (χ0n) is 16.8. The summed E-state index contributed by atoms with van der Waals surface area (Å²) in [4.78, 5) is 21.4. The Kier molecular flexibility index (Phi) is 6.34. The number of amides is 1. The third-order valence-corrected chi connectivity index (χ3v) is 5.35. The summed E-state index contributed by atoms with van der Waals surface area (Å²) in [5, 5.41) is 9.96. The van der Waals surface area contributed by atoms with E-state index in [0.717, 1.165) is 5.56 Å². The Morgan fingerprint density at radius 1 is 1.19 bits per heavy atom. The molecule has 162 valence electrons. The minimum atomic E-state index is -1.18. The molecule has 1 heterocycles. The van der Waals surface area contributed by atoms with Crippen molar-refractivity contribution in [1.29, 1.82) is 0 Å². The van der Waals surface area contributed by atoms with E-state index in [9.17, 15) is 9.90 Å². The van der Waals surface area contributed by atoms with Crippen LogP contribution in [0.15, 0.2) is 89.9 Å². The number of benzene rings is 3. The number of halogens is 2. The summed E-state index contributed by atoms with van der Waals surface area (Å²) in [5.41, 5.74) is 2.71. The molecule has 1 atom stereocenters. The Hall–Kier alpha value is -3.49. The van der Waals surface area contributed by atoms with E-state index in [-0.39, 0.29) is 12.2 Å². The van der Waals surface area contributed by atoms with Crippen LogP contribution in [0.2, 0.25) is 0 Å². The van der Waals surface area contributed by atoms with Gasteiger partial charge in [-0.25, -0.2) is 9.37 Å². The lowest BCUT2D eigenvalue weighted by Gasteiger charge is -2.32. The number of aromatic amines is 1. The molecule has 0 aliphatic rings. The highest BCUT2D eigenvalue weighted by Gasteiger charge is 2.31. The topological polar surface area (TPSA) is 78.5 Å². The molecule has 1 unspecified atom stereocenters. The van der Waals surface area contributed by atoms with Gasteiger partial charge in [-0.15, -0.1) is 0 Å².